The van der Waals surface area contributed by atoms with E-state index in [-0.39, 0.29) is 70.2 Å². The Morgan fingerprint density at radius 2 is 0.912 bits per heavy atom. The number of carbonyl (C=O) groups is 1. The monoisotopic (exact) mass is 512 g/mol. The smallest absolute Gasteiger partial charge is 0.545 e. The fourth-order valence-electron chi connectivity index (χ4n) is 2.46. The molecule has 0 aromatic heterocycles. The normalized spacial score (nSPS) is 10.6. The summed E-state index contributed by atoms with van der Waals surface area (Å²) in [6.45, 7) is 10.3. The third kappa shape index (κ3) is 18.9. The maximum absolute atomic E-state index is 11.3. The SMILES string of the molecule is CCOCCOCCOCCOc1cc(OCCOCCOCCOCC)cc(C(=O)[O-])c1.[K+]. The van der Waals surface area contributed by atoms with Crippen molar-refractivity contribution in [3.05, 3.63) is 23.8 Å². The average Bonchev–Trinajstić information content (AvgIpc) is 2.81. The van der Waals surface area contributed by atoms with Crippen LogP contribution in [0.15, 0.2) is 18.2 Å². The van der Waals surface area contributed by atoms with Crippen LogP contribution < -0.4 is 66.0 Å². The molecule has 1 rings (SSSR count). The van der Waals surface area contributed by atoms with E-state index < -0.39 is 5.97 Å². The van der Waals surface area contributed by atoms with Crippen molar-refractivity contribution in [2.24, 2.45) is 0 Å². The summed E-state index contributed by atoms with van der Waals surface area (Å²) < 4.78 is 43.0. The van der Waals surface area contributed by atoms with Crippen molar-refractivity contribution in [3.63, 3.8) is 0 Å². The van der Waals surface area contributed by atoms with Crippen LogP contribution in [0.1, 0.15) is 24.2 Å². The Kier molecular flexibility index (Phi) is 24.2. The molecule has 1 aromatic rings. The van der Waals surface area contributed by atoms with Gasteiger partial charge >= 0.3 is 51.4 Å². The molecule has 0 aliphatic carbocycles. The van der Waals surface area contributed by atoms with Crippen LogP contribution >= 0.6 is 0 Å². The minimum atomic E-state index is -1.31. The number of carboxylic acid groups (broad SMARTS) is 1. The van der Waals surface area contributed by atoms with E-state index in [0.717, 1.165) is 0 Å². The number of hydrogen-bond acceptors (Lipinski definition) is 10. The number of benzene rings is 1. The zero-order valence-corrected chi connectivity index (χ0v) is 23.8. The quantitative estimate of drug-likeness (QED) is 0.120. The third-order valence-corrected chi connectivity index (χ3v) is 4.00. The van der Waals surface area contributed by atoms with Gasteiger partial charge in [-0.1, -0.05) is 0 Å². The van der Waals surface area contributed by atoms with Gasteiger partial charge in [-0.05, 0) is 26.0 Å². The largest absolute Gasteiger partial charge is 1.00 e. The Bertz CT molecular complexity index is 575. The molecule has 0 atom stereocenters. The van der Waals surface area contributed by atoms with Crippen molar-refractivity contribution < 1.29 is 99.2 Å². The van der Waals surface area contributed by atoms with Crippen molar-refractivity contribution in [2.45, 2.75) is 13.8 Å². The Hall–Kier alpha value is -0.314. The molecular formula is C23H37KO10. The van der Waals surface area contributed by atoms with Gasteiger partial charge in [0.2, 0.25) is 0 Å². The van der Waals surface area contributed by atoms with Crippen molar-refractivity contribution in [3.8, 4) is 11.5 Å². The molecule has 0 saturated heterocycles. The summed E-state index contributed by atoms with van der Waals surface area (Å²) in [4.78, 5) is 11.3. The Morgan fingerprint density at radius 3 is 1.24 bits per heavy atom. The number of carboxylic acids is 1. The molecule has 0 unspecified atom stereocenters. The van der Waals surface area contributed by atoms with Crippen LogP contribution in [-0.4, -0.2) is 98.5 Å². The van der Waals surface area contributed by atoms with Crippen LogP contribution in [0, 0.1) is 0 Å². The van der Waals surface area contributed by atoms with Gasteiger partial charge < -0.3 is 47.8 Å². The number of rotatable bonds is 23. The molecule has 0 N–H and O–H groups in total. The Morgan fingerprint density at radius 1 is 0.588 bits per heavy atom. The van der Waals surface area contributed by atoms with Gasteiger partial charge in [0.15, 0.2) is 0 Å². The van der Waals surface area contributed by atoms with Gasteiger partial charge in [-0.2, -0.15) is 0 Å². The zero-order chi connectivity index (χ0) is 24.0. The van der Waals surface area contributed by atoms with E-state index in [4.69, 9.17) is 37.9 Å². The summed E-state index contributed by atoms with van der Waals surface area (Å²) in [5.74, 6) is -0.607. The molecule has 1 aromatic carbocycles. The fourth-order valence-corrected chi connectivity index (χ4v) is 2.46. The third-order valence-electron chi connectivity index (χ3n) is 4.00. The van der Waals surface area contributed by atoms with Crippen LogP contribution in [-0.2, 0) is 28.4 Å². The molecule has 0 saturated carbocycles. The Labute approximate surface area is 244 Å². The van der Waals surface area contributed by atoms with Crippen molar-refractivity contribution in [2.75, 3.05) is 92.5 Å². The molecule has 190 valence electrons. The molecule has 34 heavy (non-hydrogen) atoms. The van der Waals surface area contributed by atoms with Gasteiger partial charge in [0.25, 0.3) is 0 Å². The average molecular weight is 513 g/mol. The fraction of sp³-hybridized carbons (Fsp3) is 0.696. The standard InChI is InChI=1S/C23H38O10.K/c1-3-26-5-7-28-9-11-30-13-15-32-21-17-20(23(24)25)18-22(19-21)33-16-14-31-12-10-29-8-6-27-4-2;/h17-19H,3-16H2,1-2H3,(H,24,25);/q;+1/p-1. The van der Waals surface area contributed by atoms with Crippen LogP contribution in [0.3, 0.4) is 0 Å². The molecular weight excluding hydrogens is 475 g/mol. The maximum Gasteiger partial charge on any atom is 1.00 e. The van der Waals surface area contributed by atoms with E-state index in [9.17, 15) is 9.90 Å². The van der Waals surface area contributed by atoms with E-state index in [1.54, 1.807) is 6.07 Å². The van der Waals surface area contributed by atoms with Crippen LogP contribution in [0.25, 0.3) is 0 Å². The van der Waals surface area contributed by atoms with Gasteiger partial charge in [0.05, 0.1) is 72.0 Å². The van der Waals surface area contributed by atoms with E-state index in [2.05, 4.69) is 0 Å². The van der Waals surface area contributed by atoms with Gasteiger partial charge in [0, 0.05) is 24.8 Å². The second-order valence-electron chi connectivity index (χ2n) is 6.52. The van der Waals surface area contributed by atoms with Crippen LogP contribution in [0.4, 0.5) is 0 Å². The molecule has 0 spiro atoms. The minimum Gasteiger partial charge on any atom is -0.545 e. The second kappa shape index (κ2) is 24.4. The second-order valence-corrected chi connectivity index (χ2v) is 6.52. The molecule has 0 aliphatic heterocycles. The maximum atomic E-state index is 11.3. The molecule has 0 bridgehead atoms. The molecule has 0 radical (unpaired) electrons. The summed E-state index contributed by atoms with van der Waals surface area (Å²) in [5.41, 5.74) is -0.0327. The number of hydrogen-bond donors (Lipinski definition) is 0. The predicted octanol–water partition coefficient (Wildman–Crippen LogP) is -2.05. The first-order valence-electron chi connectivity index (χ1n) is 11.3. The molecule has 0 fully saturated rings. The summed E-state index contributed by atoms with van der Waals surface area (Å²) in [6, 6.07) is 4.38. The number of carbonyl (C=O) groups excluding carboxylic acids is 1. The van der Waals surface area contributed by atoms with Crippen LogP contribution in [0.5, 0.6) is 11.5 Å². The molecule has 0 aliphatic rings. The minimum absolute atomic E-state index is 0. The molecule has 0 amide bonds. The molecule has 11 heteroatoms. The summed E-state index contributed by atoms with van der Waals surface area (Å²) in [7, 11) is 0. The van der Waals surface area contributed by atoms with Crippen molar-refractivity contribution in [1.29, 1.82) is 0 Å². The van der Waals surface area contributed by atoms with E-state index in [1.165, 1.54) is 12.1 Å². The van der Waals surface area contributed by atoms with Gasteiger partial charge in [-0.3, -0.25) is 0 Å². The van der Waals surface area contributed by atoms with Crippen molar-refractivity contribution in [1.82, 2.24) is 0 Å². The topological polar surface area (TPSA) is 114 Å². The van der Waals surface area contributed by atoms with E-state index >= 15 is 0 Å². The molecule has 10 nitrogen and oxygen atoms in total. The Balaban J connectivity index is 0.0000109. The first-order chi connectivity index (χ1) is 16.2. The summed E-state index contributed by atoms with van der Waals surface area (Å²) in [6.07, 6.45) is 0. The van der Waals surface area contributed by atoms with Gasteiger partial charge in [0.1, 0.15) is 24.7 Å². The number of aromatic carboxylic acids is 1. The predicted molar refractivity (Wildman–Crippen MR) is 118 cm³/mol. The first-order valence-corrected chi connectivity index (χ1v) is 11.3. The van der Waals surface area contributed by atoms with Gasteiger partial charge in [-0.25, -0.2) is 0 Å². The molecule has 0 heterocycles. The van der Waals surface area contributed by atoms with E-state index in [1.807, 2.05) is 13.8 Å². The summed E-state index contributed by atoms with van der Waals surface area (Å²) >= 11 is 0. The van der Waals surface area contributed by atoms with E-state index in [0.29, 0.717) is 90.8 Å². The summed E-state index contributed by atoms with van der Waals surface area (Å²) in [5, 5.41) is 11.3. The van der Waals surface area contributed by atoms with Crippen molar-refractivity contribution >= 4 is 5.97 Å². The zero-order valence-electron chi connectivity index (χ0n) is 20.7. The van der Waals surface area contributed by atoms with Gasteiger partial charge in [-0.15, -0.1) is 0 Å². The first kappa shape index (κ1) is 33.7. The van der Waals surface area contributed by atoms with Crippen LogP contribution in [0.2, 0.25) is 0 Å². The number of ether oxygens (including phenoxy) is 8.